The highest BCUT2D eigenvalue weighted by atomic mass is 16.1. The molecular weight excluding hydrogens is 336 g/mol. The Morgan fingerprint density at radius 2 is 1.96 bits per heavy atom. The maximum atomic E-state index is 12.9. The van der Waals surface area contributed by atoms with E-state index < -0.39 is 0 Å². The molecule has 1 unspecified atom stereocenters. The van der Waals surface area contributed by atoms with Crippen molar-refractivity contribution in [3.63, 3.8) is 0 Å². The smallest absolute Gasteiger partial charge is 0.224 e. The van der Waals surface area contributed by atoms with Gasteiger partial charge in [0.15, 0.2) is 0 Å². The largest absolute Gasteiger partial charge is 0.355 e. The maximum absolute atomic E-state index is 12.9. The second-order valence-electron chi connectivity index (χ2n) is 7.92. The predicted octanol–water partition coefficient (Wildman–Crippen LogP) is 3.32. The Kier molecular flexibility index (Phi) is 5.37. The first-order valence-corrected chi connectivity index (χ1v) is 10.1. The molecule has 1 saturated carbocycles. The van der Waals surface area contributed by atoms with Crippen LogP contribution >= 0.6 is 0 Å². The van der Waals surface area contributed by atoms with E-state index in [1.54, 1.807) is 18.6 Å². The number of piperidine rings is 1. The fourth-order valence-corrected chi connectivity index (χ4v) is 4.67. The van der Waals surface area contributed by atoms with Crippen LogP contribution in [-0.2, 0) is 10.2 Å². The van der Waals surface area contributed by atoms with Crippen LogP contribution in [0.5, 0.6) is 0 Å². The number of hydrogen-bond acceptors (Lipinski definition) is 4. The van der Waals surface area contributed by atoms with Crippen LogP contribution < -0.4 is 10.2 Å². The lowest BCUT2D eigenvalue weighted by atomic mass is 9.78. The Labute approximate surface area is 161 Å². The predicted molar refractivity (Wildman–Crippen MR) is 107 cm³/mol. The van der Waals surface area contributed by atoms with Gasteiger partial charge in [-0.3, -0.25) is 9.78 Å². The standard InChI is InChI=1S/C22H28N4O/c27-21(18-7-6-14-26(16-18)20-15-23-12-13-24-20)25-17-22(10-4-5-11-22)19-8-2-1-3-9-19/h1-3,8-9,12-13,15,18H,4-7,10-11,14,16-17H2,(H,25,27). The van der Waals surface area contributed by atoms with E-state index in [-0.39, 0.29) is 17.2 Å². The van der Waals surface area contributed by atoms with Crippen LogP contribution in [0.25, 0.3) is 0 Å². The molecule has 2 fully saturated rings. The van der Waals surface area contributed by atoms with Gasteiger partial charge in [-0.15, -0.1) is 0 Å². The molecule has 0 radical (unpaired) electrons. The Morgan fingerprint density at radius 1 is 1.15 bits per heavy atom. The van der Waals surface area contributed by atoms with Crippen molar-refractivity contribution in [1.82, 2.24) is 15.3 Å². The first kappa shape index (κ1) is 18.0. The lowest BCUT2D eigenvalue weighted by molar-refractivity contribution is -0.125. The molecule has 2 heterocycles. The normalized spacial score (nSPS) is 21.8. The van der Waals surface area contributed by atoms with E-state index in [9.17, 15) is 4.79 Å². The molecule has 142 valence electrons. The fraction of sp³-hybridized carbons (Fsp3) is 0.500. The van der Waals surface area contributed by atoms with Gasteiger partial charge >= 0.3 is 0 Å². The van der Waals surface area contributed by atoms with Crippen LogP contribution in [0.15, 0.2) is 48.9 Å². The number of hydrogen-bond donors (Lipinski definition) is 1. The van der Waals surface area contributed by atoms with Gasteiger partial charge in [0.1, 0.15) is 5.82 Å². The minimum Gasteiger partial charge on any atom is -0.355 e. The number of benzene rings is 1. The number of anilines is 1. The topological polar surface area (TPSA) is 58.1 Å². The van der Waals surface area contributed by atoms with E-state index in [4.69, 9.17) is 0 Å². The average Bonchev–Trinajstić information content (AvgIpc) is 3.24. The average molecular weight is 364 g/mol. The van der Waals surface area contributed by atoms with Crippen molar-refractivity contribution in [2.75, 3.05) is 24.5 Å². The van der Waals surface area contributed by atoms with Crippen molar-refractivity contribution in [2.24, 2.45) is 5.92 Å². The SMILES string of the molecule is O=C(NCC1(c2ccccc2)CCCC1)C1CCCN(c2cnccn2)C1. The molecule has 1 N–H and O–H groups in total. The van der Waals surface area contributed by atoms with Crippen molar-refractivity contribution < 1.29 is 4.79 Å². The Balaban J connectivity index is 1.40. The highest BCUT2D eigenvalue weighted by Crippen LogP contribution is 2.40. The van der Waals surface area contributed by atoms with Gasteiger partial charge in [0.05, 0.1) is 12.1 Å². The van der Waals surface area contributed by atoms with Crippen molar-refractivity contribution >= 4 is 11.7 Å². The summed E-state index contributed by atoms with van der Waals surface area (Å²) < 4.78 is 0. The molecule has 1 aromatic heterocycles. The monoisotopic (exact) mass is 364 g/mol. The number of aromatic nitrogens is 2. The molecule has 0 spiro atoms. The molecule has 1 atom stereocenters. The molecule has 2 aromatic rings. The molecule has 1 aliphatic carbocycles. The molecule has 1 aromatic carbocycles. The van der Waals surface area contributed by atoms with Gasteiger partial charge < -0.3 is 10.2 Å². The summed E-state index contributed by atoms with van der Waals surface area (Å²) in [5, 5.41) is 3.30. The fourth-order valence-electron chi connectivity index (χ4n) is 4.67. The number of nitrogens with one attached hydrogen (secondary N) is 1. The van der Waals surface area contributed by atoms with Crippen LogP contribution in [-0.4, -0.2) is 35.5 Å². The second-order valence-corrected chi connectivity index (χ2v) is 7.92. The second kappa shape index (κ2) is 8.07. The minimum absolute atomic E-state index is 0.0231. The van der Waals surface area contributed by atoms with Crippen molar-refractivity contribution in [2.45, 2.75) is 43.9 Å². The van der Waals surface area contributed by atoms with Gasteiger partial charge in [0.2, 0.25) is 5.91 Å². The summed E-state index contributed by atoms with van der Waals surface area (Å²) in [4.78, 5) is 23.7. The number of rotatable bonds is 5. The van der Waals surface area contributed by atoms with E-state index >= 15 is 0 Å². The van der Waals surface area contributed by atoms with Crippen LogP contribution in [0.1, 0.15) is 44.1 Å². The number of carbonyl (C=O) groups is 1. The molecule has 1 saturated heterocycles. The Bertz CT molecular complexity index is 743. The third kappa shape index (κ3) is 3.97. The first-order chi connectivity index (χ1) is 13.3. The minimum atomic E-state index is 0.0231. The highest BCUT2D eigenvalue weighted by Gasteiger charge is 2.36. The lowest BCUT2D eigenvalue weighted by Crippen LogP contribution is -2.46. The van der Waals surface area contributed by atoms with Gasteiger partial charge in [0, 0.05) is 37.4 Å². The molecule has 2 aliphatic rings. The van der Waals surface area contributed by atoms with Crippen molar-refractivity contribution in [3.8, 4) is 0 Å². The third-order valence-corrected chi connectivity index (χ3v) is 6.21. The molecule has 0 bridgehead atoms. The summed E-state index contributed by atoms with van der Waals surface area (Å²) in [6.07, 6.45) is 11.9. The van der Waals surface area contributed by atoms with E-state index in [1.807, 2.05) is 0 Å². The summed E-state index contributed by atoms with van der Waals surface area (Å²) in [6, 6.07) is 10.7. The molecular formula is C22H28N4O. The molecule has 5 heteroatoms. The zero-order valence-electron chi connectivity index (χ0n) is 15.8. The zero-order chi connectivity index (χ0) is 18.5. The summed E-state index contributed by atoms with van der Waals surface area (Å²) >= 11 is 0. The van der Waals surface area contributed by atoms with Crippen LogP contribution in [0, 0.1) is 5.92 Å². The molecule has 4 rings (SSSR count). The zero-order valence-corrected chi connectivity index (χ0v) is 15.8. The van der Waals surface area contributed by atoms with Crippen LogP contribution in [0.2, 0.25) is 0 Å². The highest BCUT2D eigenvalue weighted by molar-refractivity contribution is 5.79. The van der Waals surface area contributed by atoms with E-state index in [0.29, 0.717) is 0 Å². The summed E-state index contributed by atoms with van der Waals surface area (Å²) in [7, 11) is 0. The van der Waals surface area contributed by atoms with Crippen molar-refractivity contribution in [1.29, 1.82) is 0 Å². The molecule has 27 heavy (non-hydrogen) atoms. The summed E-state index contributed by atoms with van der Waals surface area (Å²) in [5.74, 6) is 1.08. The summed E-state index contributed by atoms with van der Waals surface area (Å²) in [5.41, 5.74) is 1.48. The first-order valence-electron chi connectivity index (χ1n) is 10.1. The number of nitrogens with zero attached hydrogens (tertiary/aromatic N) is 3. The van der Waals surface area contributed by atoms with Gasteiger partial charge in [0.25, 0.3) is 0 Å². The molecule has 1 amide bonds. The lowest BCUT2D eigenvalue weighted by Gasteiger charge is -2.34. The van der Waals surface area contributed by atoms with Crippen LogP contribution in [0.4, 0.5) is 5.82 Å². The molecule has 5 nitrogen and oxygen atoms in total. The quantitative estimate of drug-likeness (QED) is 0.884. The van der Waals surface area contributed by atoms with Crippen molar-refractivity contribution in [3.05, 3.63) is 54.5 Å². The third-order valence-electron chi connectivity index (χ3n) is 6.21. The number of amides is 1. The van der Waals surface area contributed by atoms with Gasteiger partial charge in [-0.1, -0.05) is 43.2 Å². The van der Waals surface area contributed by atoms with E-state index in [0.717, 1.165) is 51.1 Å². The van der Waals surface area contributed by atoms with E-state index in [1.165, 1.54) is 18.4 Å². The Hall–Kier alpha value is -2.43. The summed E-state index contributed by atoms with van der Waals surface area (Å²) in [6.45, 7) is 2.41. The van der Waals surface area contributed by atoms with Crippen LogP contribution in [0.3, 0.4) is 0 Å². The number of carbonyl (C=O) groups excluding carboxylic acids is 1. The van der Waals surface area contributed by atoms with Gasteiger partial charge in [-0.05, 0) is 31.2 Å². The Morgan fingerprint density at radius 3 is 2.70 bits per heavy atom. The molecule has 1 aliphatic heterocycles. The maximum Gasteiger partial charge on any atom is 0.224 e. The van der Waals surface area contributed by atoms with Gasteiger partial charge in [-0.25, -0.2) is 4.98 Å². The van der Waals surface area contributed by atoms with E-state index in [2.05, 4.69) is 50.5 Å². The van der Waals surface area contributed by atoms with Gasteiger partial charge in [-0.2, -0.15) is 0 Å².